The minimum atomic E-state index is -0.456. The molecule has 0 bridgehead atoms. The van der Waals surface area contributed by atoms with Crippen LogP contribution in [0.5, 0.6) is 11.5 Å². The van der Waals surface area contributed by atoms with E-state index in [4.69, 9.17) is 4.74 Å². The SMILES string of the molecule is CNC(C)c1ccc(Oc2cccc([N+](=O)[O-])c2)cn1. The Labute approximate surface area is 116 Å². The average Bonchev–Trinajstić information content (AvgIpc) is 2.47. The molecule has 0 spiro atoms. The molecule has 0 aliphatic rings. The van der Waals surface area contributed by atoms with Crippen LogP contribution in [0.3, 0.4) is 0 Å². The van der Waals surface area contributed by atoms with E-state index in [-0.39, 0.29) is 11.7 Å². The van der Waals surface area contributed by atoms with Gasteiger partial charge in [-0.3, -0.25) is 15.1 Å². The van der Waals surface area contributed by atoms with Gasteiger partial charge in [0.25, 0.3) is 5.69 Å². The Kier molecular flexibility index (Phi) is 4.27. The van der Waals surface area contributed by atoms with Crippen molar-refractivity contribution in [1.82, 2.24) is 10.3 Å². The summed E-state index contributed by atoms with van der Waals surface area (Å²) in [6.45, 7) is 2.00. The van der Waals surface area contributed by atoms with Gasteiger partial charge in [-0.25, -0.2) is 0 Å². The molecule has 0 saturated carbocycles. The van der Waals surface area contributed by atoms with Crippen molar-refractivity contribution in [3.05, 3.63) is 58.4 Å². The van der Waals surface area contributed by atoms with Crippen molar-refractivity contribution in [2.75, 3.05) is 7.05 Å². The minimum Gasteiger partial charge on any atom is -0.455 e. The number of non-ortho nitro benzene ring substituents is 1. The molecule has 6 nitrogen and oxygen atoms in total. The van der Waals surface area contributed by atoms with Crippen LogP contribution in [0.1, 0.15) is 18.7 Å². The van der Waals surface area contributed by atoms with Gasteiger partial charge in [0.05, 0.1) is 22.9 Å². The number of hydrogen-bond donors (Lipinski definition) is 1. The van der Waals surface area contributed by atoms with Crippen LogP contribution in [0.15, 0.2) is 42.6 Å². The maximum atomic E-state index is 10.7. The van der Waals surface area contributed by atoms with Gasteiger partial charge in [0.15, 0.2) is 0 Å². The zero-order chi connectivity index (χ0) is 14.5. The van der Waals surface area contributed by atoms with Crippen LogP contribution < -0.4 is 10.1 Å². The van der Waals surface area contributed by atoms with E-state index in [0.29, 0.717) is 11.5 Å². The lowest BCUT2D eigenvalue weighted by Gasteiger charge is -2.10. The smallest absolute Gasteiger partial charge is 0.273 e. The van der Waals surface area contributed by atoms with E-state index in [1.807, 2.05) is 20.0 Å². The van der Waals surface area contributed by atoms with Crippen molar-refractivity contribution in [3.63, 3.8) is 0 Å². The van der Waals surface area contributed by atoms with E-state index in [0.717, 1.165) is 5.69 Å². The van der Waals surface area contributed by atoms with E-state index < -0.39 is 4.92 Å². The van der Waals surface area contributed by atoms with E-state index >= 15 is 0 Å². The van der Waals surface area contributed by atoms with Gasteiger partial charge in [-0.1, -0.05) is 6.07 Å². The number of nitro groups is 1. The predicted molar refractivity (Wildman–Crippen MR) is 74.9 cm³/mol. The molecule has 1 atom stereocenters. The highest BCUT2D eigenvalue weighted by Gasteiger charge is 2.08. The molecule has 0 radical (unpaired) electrons. The molecule has 0 saturated heterocycles. The van der Waals surface area contributed by atoms with Crippen molar-refractivity contribution < 1.29 is 9.66 Å². The highest BCUT2D eigenvalue weighted by atomic mass is 16.6. The molecule has 1 unspecified atom stereocenters. The number of pyridine rings is 1. The second kappa shape index (κ2) is 6.12. The second-order valence-corrected chi connectivity index (χ2v) is 4.29. The number of benzene rings is 1. The van der Waals surface area contributed by atoms with Crippen molar-refractivity contribution in [1.29, 1.82) is 0 Å². The maximum Gasteiger partial charge on any atom is 0.273 e. The fourth-order valence-corrected chi connectivity index (χ4v) is 1.65. The van der Waals surface area contributed by atoms with Gasteiger partial charge in [0.1, 0.15) is 11.5 Å². The number of rotatable bonds is 5. The van der Waals surface area contributed by atoms with Crippen LogP contribution in [0.4, 0.5) is 5.69 Å². The predicted octanol–water partition coefficient (Wildman–Crippen LogP) is 3.06. The van der Waals surface area contributed by atoms with Gasteiger partial charge in [0, 0.05) is 12.1 Å². The molecule has 2 rings (SSSR count). The number of nitro benzene ring substituents is 1. The summed E-state index contributed by atoms with van der Waals surface area (Å²) in [7, 11) is 1.86. The minimum absolute atomic E-state index is 0.00381. The molecule has 104 valence electrons. The quantitative estimate of drug-likeness (QED) is 0.669. The first kappa shape index (κ1) is 14.0. The normalized spacial score (nSPS) is 11.9. The van der Waals surface area contributed by atoms with E-state index in [1.165, 1.54) is 12.1 Å². The summed E-state index contributed by atoms with van der Waals surface area (Å²) >= 11 is 0. The lowest BCUT2D eigenvalue weighted by molar-refractivity contribution is -0.384. The topological polar surface area (TPSA) is 77.3 Å². The zero-order valence-corrected chi connectivity index (χ0v) is 11.2. The third kappa shape index (κ3) is 3.30. The summed E-state index contributed by atoms with van der Waals surface area (Å²) in [6, 6.07) is 9.84. The zero-order valence-electron chi connectivity index (χ0n) is 11.2. The lowest BCUT2D eigenvalue weighted by atomic mass is 10.2. The summed E-state index contributed by atoms with van der Waals surface area (Å²) in [4.78, 5) is 14.5. The van der Waals surface area contributed by atoms with Crippen molar-refractivity contribution >= 4 is 5.69 Å². The molecular formula is C14H15N3O3. The Morgan fingerprint density at radius 2 is 2.10 bits per heavy atom. The number of hydrogen-bond acceptors (Lipinski definition) is 5. The van der Waals surface area contributed by atoms with Gasteiger partial charge in [0.2, 0.25) is 0 Å². The van der Waals surface area contributed by atoms with Crippen molar-refractivity contribution in [2.45, 2.75) is 13.0 Å². The molecule has 0 aliphatic carbocycles. The van der Waals surface area contributed by atoms with Gasteiger partial charge >= 0.3 is 0 Å². The standard InChI is InChI=1S/C14H15N3O3/c1-10(15-2)14-7-6-13(9-16-14)20-12-5-3-4-11(8-12)17(18)19/h3-10,15H,1-2H3. The van der Waals surface area contributed by atoms with Gasteiger partial charge < -0.3 is 10.1 Å². The van der Waals surface area contributed by atoms with Crippen LogP contribution in [0.2, 0.25) is 0 Å². The Bertz CT molecular complexity index is 599. The number of nitrogens with one attached hydrogen (secondary N) is 1. The Hall–Kier alpha value is -2.47. The molecule has 1 N–H and O–H groups in total. The summed E-state index contributed by atoms with van der Waals surface area (Å²) in [5.74, 6) is 0.952. The summed E-state index contributed by atoms with van der Waals surface area (Å²) in [5, 5.41) is 13.8. The van der Waals surface area contributed by atoms with Gasteiger partial charge in [-0.2, -0.15) is 0 Å². The number of nitrogens with zero attached hydrogens (tertiary/aromatic N) is 2. The highest BCUT2D eigenvalue weighted by Crippen LogP contribution is 2.25. The van der Waals surface area contributed by atoms with Gasteiger partial charge in [-0.15, -0.1) is 0 Å². The van der Waals surface area contributed by atoms with Crippen LogP contribution in [-0.4, -0.2) is 17.0 Å². The molecule has 0 amide bonds. The van der Waals surface area contributed by atoms with Crippen molar-refractivity contribution in [3.8, 4) is 11.5 Å². The molecule has 0 aliphatic heterocycles. The molecule has 1 heterocycles. The Morgan fingerprint density at radius 1 is 1.30 bits per heavy atom. The Morgan fingerprint density at radius 3 is 2.70 bits per heavy atom. The van der Waals surface area contributed by atoms with Crippen LogP contribution >= 0.6 is 0 Å². The highest BCUT2D eigenvalue weighted by molar-refractivity contribution is 5.40. The molecule has 2 aromatic rings. The first-order valence-electron chi connectivity index (χ1n) is 6.15. The largest absolute Gasteiger partial charge is 0.455 e. The Balaban J connectivity index is 2.14. The average molecular weight is 273 g/mol. The first-order chi connectivity index (χ1) is 9.60. The van der Waals surface area contributed by atoms with Crippen molar-refractivity contribution in [2.24, 2.45) is 0 Å². The summed E-state index contributed by atoms with van der Waals surface area (Å²) < 4.78 is 5.55. The third-order valence-corrected chi connectivity index (χ3v) is 2.90. The van der Waals surface area contributed by atoms with Crippen LogP contribution in [0, 0.1) is 10.1 Å². The molecular weight excluding hydrogens is 258 g/mol. The molecule has 20 heavy (non-hydrogen) atoms. The number of aromatic nitrogens is 1. The van der Waals surface area contributed by atoms with E-state index in [1.54, 1.807) is 24.4 Å². The summed E-state index contributed by atoms with van der Waals surface area (Å²) in [6.07, 6.45) is 1.60. The van der Waals surface area contributed by atoms with Crippen LogP contribution in [-0.2, 0) is 0 Å². The first-order valence-corrected chi connectivity index (χ1v) is 6.15. The van der Waals surface area contributed by atoms with Gasteiger partial charge in [-0.05, 0) is 32.2 Å². The third-order valence-electron chi connectivity index (χ3n) is 2.90. The fourth-order valence-electron chi connectivity index (χ4n) is 1.65. The maximum absolute atomic E-state index is 10.7. The molecule has 0 fully saturated rings. The van der Waals surface area contributed by atoms with E-state index in [2.05, 4.69) is 10.3 Å². The second-order valence-electron chi connectivity index (χ2n) is 4.29. The monoisotopic (exact) mass is 273 g/mol. The molecule has 1 aromatic heterocycles. The summed E-state index contributed by atoms with van der Waals surface area (Å²) in [5.41, 5.74) is 0.898. The van der Waals surface area contributed by atoms with Crippen LogP contribution in [0.25, 0.3) is 0 Å². The van der Waals surface area contributed by atoms with E-state index in [9.17, 15) is 10.1 Å². The molecule has 6 heteroatoms. The number of ether oxygens (including phenoxy) is 1. The lowest BCUT2D eigenvalue weighted by Crippen LogP contribution is -2.13. The fraction of sp³-hybridized carbons (Fsp3) is 0.214. The molecule has 1 aromatic carbocycles.